The smallest absolute Gasteiger partial charge is 0.288 e. The van der Waals surface area contributed by atoms with E-state index < -0.39 is 5.82 Å². The van der Waals surface area contributed by atoms with Crippen LogP contribution in [0.15, 0.2) is 72.0 Å². The largest absolute Gasteiger partial charge is 0.468 e. The molecule has 10 heteroatoms. The van der Waals surface area contributed by atoms with Gasteiger partial charge in [-0.15, -0.1) is 0 Å². The van der Waals surface area contributed by atoms with Crippen molar-refractivity contribution in [2.45, 2.75) is 13.8 Å². The van der Waals surface area contributed by atoms with Gasteiger partial charge in [-0.2, -0.15) is 0 Å². The van der Waals surface area contributed by atoms with Crippen molar-refractivity contribution in [3.8, 4) is 11.5 Å². The summed E-state index contributed by atoms with van der Waals surface area (Å²) in [6.45, 7) is 4.14. The maximum Gasteiger partial charge on any atom is 0.288 e. The molecule has 0 atom stereocenters. The number of ether oxygens (including phenoxy) is 2. The lowest BCUT2D eigenvalue weighted by molar-refractivity contribution is 0.304. The fourth-order valence-corrected chi connectivity index (χ4v) is 3.33. The van der Waals surface area contributed by atoms with Gasteiger partial charge in [-0.1, -0.05) is 37.6 Å². The molecule has 4 rings (SSSR count). The Hall–Kier alpha value is -3.95. The standard InChI is InChI=1S/C24H21ClFN5O3.C2H6/c1-33-24(27-10-11-32)31-15-6-8-20-17(12-15)23(29-14-28-20)30-16-7-9-21(18(25)13-16)34-22-5-3-2-4-19(22)26;1-2/h2-9,12-14,32H,10-11H2,1H3,(H,27,31)(H,28,29,30);1-2H3. The van der Waals surface area contributed by atoms with Crippen LogP contribution in [-0.2, 0) is 4.74 Å². The molecule has 0 unspecified atom stereocenters. The molecule has 3 N–H and O–H groups in total. The number of hydrogen-bond acceptors (Lipinski definition) is 7. The number of rotatable bonds is 7. The second kappa shape index (κ2) is 13.2. The predicted octanol–water partition coefficient (Wildman–Crippen LogP) is 6.39. The Morgan fingerprint density at radius 2 is 1.81 bits per heavy atom. The summed E-state index contributed by atoms with van der Waals surface area (Å²) in [5.41, 5.74) is 2.09. The van der Waals surface area contributed by atoms with Crippen LogP contribution in [0.5, 0.6) is 11.5 Å². The first-order valence-corrected chi connectivity index (χ1v) is 11.6. The summed E-state index contributed by atoms with van der Waals surface area (Å²) in [7, 11) is 1.49. The number of aliphatic hydroxyl groups is 1. The van der Waals surface area contributed by atoms with Crippen LogP contribution in [0, 0.1) is 5.82 Å². The van der Waals surface area contributed by atoms with Gasteiger partial charge in [-0.3, -0.25) is 0 Å². The quantitative estimate of drug-likeness (QED) is 0.195. The van der Waals surface area contributed by atoms with E-state index in [0.717, 1.165) is 10.9 Å². The summed E-state index contributed by atoms with van der Waals surface area (Å²) in [5, 5.41) is 16.3. The zero-order valence-corrected chi connectivity index (χ0v) is 20.9. The third kappa shape index (κ3) is 6.80. The van der Waals surface area contributed by atoms with E-state index in [1.165, 1.54) is 25.6 Å². The van der Waals surface area contributed by atoms with E-state index in [4.69, 9.17) is 26.2 Å². The number of aliphatic imine (C=N–C) groups is 1. The van der Waals surface area contributed by atoms with E-state index in [-0.39, 0.29) is 24.9 Å². The number of methoxy groups -OCH3 is 1. The Kier molecular flexibility index (Phi) is 9.79. The number of benzene rings is 3. The number of fused-ring (bicyclic) bond motifs is 1. The summed E-state index contributed by atoms with van der Waals surface area (Å²) in [6, 6.07) is 17.0. The second-order valence-electron chi connectivity index (χ2n) is 7.00. The molecule has 4 aromatic rings. The first-order chi connectivity index (χ1) is 17.6. The third-order valence-corrected chi connectivity index (χ3v) is 4.98. The lowest BCUT2D eigenvalue weighted by atomic mass is 10.2. The van der Waals surface area contributed by atoms with Crippen LogP contribution >= 0.6 is 11.6 Å². The SMILES string of the molecule is CC.COC(=NCCO)Nc1ccc2ncnc(Nc3ccc(Oc4ccccc4F)c(Cl)c3)c2c1. The second-order valence-corrected chi connectivity index (χ2v) is 7.40. The number of hydrogen-bond donors (Lipinski definition) is 3. The van der Waals surface area contributed by atoms with Crippen LogP contribution in [0.25, 0.3) is 10.9 Å². The zero-order valence-electron chi connectivity index (χ0n) is 20.1. The van der Waals surface area contributed by atoms with Gasteiger partial charge in [0.15, 0.2) is 11.6 Å². The minimum atomic E-state index is -0.476. The van der Waals surface area contributed by atoms with Crippen molar-refractivity contribution in [3.63, 3.8) is 0 Å². The molecule has 0 amide bonds. The van der Waals surface area contributed by atoms with Crippen LogP contribution in [-0.4, -0.2) is 41.4 Å². The van der Waals surface area contributed by atoms with Crippen LogP contribution in [0.2, 0.25) is 5.02 Å². The van der Waals surface area contributed by atoms with Gasteiger partial charge in [0, 0.05) is 16.8 Å². The molecule has 36 heavy (non-hydrogen) atoms. The molecule has 8 nitrogen and oxygen atoms in total. The Morgan fingerprint density at radius 1 is 1.03 bits per heavy atom. The Labute approximate surface area is 213 Å². The normalized spacial score (nSPS) is 10.9. The first-order valence-electron chi connectivity index (χ1n) is 11.3. The number of aliphatic hydroxyl groups excluding tert-OH is 1. The average molecular weight is 512 g/mol. The molecule has 1 aromatic heterocycles. The third-order valence-electron chi connectivity index (χ3n) is 4.69. The fraction of sp³-hybridized carbons (Fsp3) is 0.192. The van der Waals surface area contributed by atoms with Crippen molar-refractivity contribution in [2.75, 3.05) is 30.9 Å². The average Bonchev–Trinajstić information content (AvgIpc) is 2.90. The van der Waals surface area contributed by atoms with Crippen molar-refractivity contribution >= 4 is 45.7 Å². The van der Waals surface area contributed by atoms with Crippen molar-refractivity contribution in [1.29, 1.82) is 0 Å². The maximum atomic E-state index is 13.9. The van der Waals surface area contributed by atoms with E-state index in [2.05, 4.69) is 25.6 Å². The number of anilines is 3. The molecule has 0 bridgehead atoms. The van der Waals surface area contributed by atoms with Crippen LogP contribution < -0.4 is 15.4 Å². The molecule has 188 valence electrons. The molecule has 0 fully saturated rings. The Bertz CT molecular complexity index is 1340. The topological polar surface area (TPSA) is 101 Å². The molecular formula is C26H27ClFN5O3. The van der Waals surface area contributed by atoms with Crippen molar-refractivity contribution in [1.82, 2.24) is 9.97 Å². The minimum Gasteiger partial charge on any atom is -0.468 e. The van der Waals surface area contributed by atoms with Gasteiger partial charge in [-0.25, -0.2) is 19.4 Å². The molecule has 0 aliphatic heterocycles. The summed E-state index contributed by atoms with van der Waals surface area (Å²) in [6.07, 6.45) is 1.46. The van der Waals surface area contributed by atoms with Gasteiger partial charge >= 0.3 is 0 Å². The summed E-state index contributed by atoms with van der Waals surface area (Å²) >= 11 is 6.38. The van der Waals surface area contributed by atoms with Gasteiger partial charge < -0.3 is 25.2 Å². The number of nitrogens with zero attached hydrogens (tertiary/aromatic N) is 3. The highest BCUT2D eigenvalue weighted by Crippen LogP contribution is 2.34. The van der Waals surface area contributed by atoms with Gasteiger partial charge in [0.2, 0.25) is 0 Å². The van der Waals surface area contributed by atoms with Crippen LogP contribution in [0.4, 0.5) is 21.6 Å². The Balaban J connectivity index is 0.00000176. The number of nitrogens with one attached hydrogen (secondary N) is 2. The highest BCUT2D eigenvalue weighted by Gasteiger charge is 2.11. The highest BCUT2D eigenvalue weighted by atomic mass is 35.5. The number of halogens is 2. The van der Waals surface area contributed by atoms with E-state index >= 15 is 0 Å². The number of para-hydroxylation sites is 1. The molecule has 1 heterocycles. The molecular weight excluding hydrogens is 485 g/mol. The predicted molar refractivity (Wildman–Crippen MR) is 142 cm³/mol. The van der Waals surface area contributed by atoms with E-state index in [0.29, 0.717) is 28.0 Å². The Morgan fingerprint density at radius 3 is 2.53 bits per heavy atom. The van der Waals surface area contributed by atoms with Gasteiger partial charge in [0.05, 0.1) is 30.8 Å². The molecule has 0 radical (unpaired) electrons. The van der Waals surface area contributed by atoms with Crippen molar-refractivity contribution < 1.29 is 19.0 Å². The van der Waals surface area contributed by atoms with Crippen molar-refractivity contribution in [3.05, 3.63) is 77.8 Å². The minimum absolute atomic E-state index is 0.0825. The maximum absolute atomic E-state index is 13.9. The fourth-order valence-electron chi connectivity index (χ4n) is 3.11. The van der Waals surface area contributed by atoms with E-state index in [1.54, 1.807) is 30.3 Å². The molecule has 0 spiro atoms. The summed E-state index contributed by atoms with van der Waals surface area (Å²) < 4.78 is 24.7. The lowest BCUT2D eigenvalue weighted by Crippen LogP contribution is -2.15. The lowest BCUT2D eigenvalue weighted by Gasteiger charge is -2.13. The van der Waals surface area contributed by atoms with Crippen LogP contribution in [0.1, 0.15) is 13.8 Å². The monoisotopic (exact) mass is 511 g/mol. The van der Waals surface area contributed by atoms with E-state index in [9.17, 15) is 4.39 Å². The highest BCUT2D eigenvalue weighted by molar-refractivity contribution is 6.32. The molecule has 0 saturated heterocycles. The van der Waals surface area contributed by atoms with Crippen molar-refractivity contribution in [2.24, 2.45) is 4.99 Å². The molecule has 3 aromatic carbocycles. The summed E-state index contributed by atoms with van der Waals surface area (Å²) in [5.74, 6) is 0.491. The van der Waals surface area contributed by atoms with Gasteiger partial charge in [-0.05, 0) is 48.5 Å². The number of amidine groups is 1. The van der Waals surface area contributed by atoms with Gasteiger partial charge in [0.25, 0.3) is 6.02 Å². The van der Waals surface area contributed by atoms with Crippen LogP contribution in [0.3, 0.4) is 0 Å². The molecule has 0 aliphatic rings. The van der Waals surface area contributed by atoms with Gasteiger partial charge in [0.1, 0.15) is 17.9 Å². The number of aromatic nitrogens is 2. The zero-order chi connectivity index (χ0) is 25.9. The molecule has 0 aliphatic carbocycles. The molecule has 0 saturated carbocycles. The summed E-state index contributed by atoms with van der Waals surface area (Å²) in [4.78, 5) is 12.8. The van der Waals surface area contributed by atoms with E-state index in [1.807, 2.05) is 32.0 Å². The first kappa shape index (κ1) is 26.7.